The molecule has 1 aliphatic heterocycles. The van der Waals surface area contributed by atoms with Crippen LogP contribution in [0, 0.1) is 0 Å². The minimum atomic E-state index is -0.110. The molecular weight excluding hydrogens is 362 g/mol. The van der Waals surface area contributed by atoms with Crippen LogP contribution >= 0.6 is 0 Å². The zero-order valence-electron chi connectivity index (χ0n) is 16.1. The summed E-state index contributed by atoms with van der Waals surface area (Å²) in [6, 6.07) is 18.0. The van der Waals surface area contributed by atoms with Gasteiger partial charge in [-0.25, -0.2) is 4.68 Å². The molecule has 2 aromatic carbocycles. The Morgan fingerprint density at radius 1 is 1.14 bits per heavy atom. The van der Waals surface area contributed by atoms with Crippen molar-refractivity contribution in [3.63, 3.8) is 0 Å². The Balaban J connectivity index is 1.56. The summed E-state index contributed by atoms with van der Waals surface area (Å²) in [7, 11) is 0. The molecule has 0 radical (unpaired) electrons. The molecule has 6 nitrogen and oxygen atoms in total. The smallest absolute Gasteiger partial charge is 0.278 e. The lowest BCUT2D eigenvalue weighted by molar-refractivity contribution is 0.556. The summed E-state index contributed by atoms with van der Waals surface area (Å²) in [5.74, 6) is 0. The van der Waals surface area contributed by atoms with Crippen LogP contribution in [-0.2, 0) is 6.54 Å². The molecule has 1 N–H and O–H groups in total. The number of fused-ring (bicyclic) bond motifs is 2. The fraction of sp³-hybridized carbons (Fsp3) is 0.174. The van der Waals surface area contributed by atoms with Gasteiger partial charge in [0.25, 0.3) is 5.56 Å². The molecule has 29 heavy (non-hydrogen) atoms. The normalized spacial score (nSPS) is 13.8. The molecule has 0 saturated heterocycles. The van der Waals surface area contributed by atoms with Gasteiger partial charge in [-0.3, -0.25) is 4.79 Å². The molecule has 2 aromatic heterocycles. The van der Waals surface area contributed by atoms with Gasteiger partial charge < -0.3 is 9.88 Å². The molecule has 0 unspecified atom stereocenters. The monoisotopic (exact) mass is 383 g/mol. The van der Waals surface area contributed by atoms with Gasteiger partial charge in [0.2, 0.25) is 0 Å². The first-order valence-corrected chi connectivity index (χ1v) is 9.73. The highest BCUT2D eigenvalue weighted by atomic mass is 16.1. The second-order valence-corrected chi connectivity index (χ2v) is 7.31. The van der Waals surface area contributed by atoms with Crippen LogP contribution in [-0.4, -0.2) is 26.1 Å². The van der Waals surface area contributed by atoms with Gasteiger partial charge in [-0.15, -0.1) is 5.10 Å². The van der Waals surface area contributed by atoms with Crippen LogP contribution < -0.4 is 10.9 Å². The van der Waals surface area contributed by atoms with Gasteiger partial charge in [0.05, 0.1) is 12.6 Å². The average Bonchev–Trinajstić information content (AvgIpc) is 3.20. The first-order valence-electron chi connectivity index (χ1n) is 9.73. The maximum atomic E-state index is 13.2. The Bertz CT molecular complexity index is 1270. The minimum Gasteiger partial charge on any atom is -0.381 e. The number of aromatic nitrogens is 4. The molecule has 4 aromatic rings. The van der Waals surface area contributed by atoms with Crippen molar-refractivity contribution < 1.29 is 0 Å². The van der Waals surface area contributed by atoms with Crippen molar-refractivity contribution in [2.24, 2.45) is 0 Å². The van der Waals surface area contributed by atoms with Crippen LogP contribution in [0.15, 0.2) is 71.7 Å². The van der Waals surface area contributed by atoms with E-state index in [1.54, 1.807) is 15.4 Å². The first kappa shape index (κ1) is 17.4. The van der Waals surface area contributed by atoms with Crippen LogP contribution in [0.25, 0.3) is 17.1 Å². The SMILES string of the molecule is C[C@H](c1ccc2c(c1)C=CCN2)n1nnc2ccn(Cc3ccccc3)c(=O)c21. The Kier molecular flexibility index (Phi) is 4.24. The van der Waals surface area contributed by atoms with E-state index in [1.807, 2.05) is 43.3 Å². The standard InChI is InChI=1S/C23H21N5O/c1-16(18-9-10-20-19(14-18)8-5-12-24-20)28-22-21(25-26-28)11-13-27(23(22)29)15-17-6-3-2-4-7-17/h2-11,13-14,16,24H,12,15H2,1H3/t16-/m1/s1. The Morgan fingerprint density at radius 2 is 2.00 bits per heavy atom. The van der Waals surface area contributed by atoms with E-state index in [0.717, 1.165) is 28.9 Å². The molecule has 0 amide bonds. The minimum absolute atomic E-state index is 0.0808. The second-order valence-electron chi connectivity index (χ2n) is 7.31. The highest BCUT2D eigenvalue weighted by Crippen LogP contribution is 2.27. The second kappa shape index (κ2) is 7.05. The molecule has 144 valence electrons. The summed E-state index contributed by atoms with van der Waals surface area (Å²) in [6.45, 7) is 3.41. The van der Waals surface area contributed by atoms with Crippen molar-refractivity contribution in [2.45, 2.75) is 19.5 Å². The summed E-state index contributed by atoms with van der Waals surface area (Å²) in [4.78, 5) is 13.2. The van der Waals surface area contributed by atoms with E-state index in [2.05, 4.69) is 46.0 Å². The molecule has 3 heterocycles. The number of pyridine rings is 1. The van der Waals surface area contributed by atoms with E-state index >= 15 is 0 Å². The van der Waals surface area contributed by atoms with Crippen molar-refractivity contribution in [2.75, 3.05) is 11.9 Å². The highest BCUT2D eigenvalue weighted by molar-refractivity contribution is 5.74. The molecule has 1 atom stereocenters. The molecular formula is C23H21N5O. The summed E-state index contributed by atoms with van der Waals surface area (Å²) >= 11 is 0. The number of rotatable bonds is 4. The van der Waals surface area contributed by atoms with Crippen LogP contribution in [0.3, 0.4) is 0 Å². The van der Waals surface area contributed by atoms with Crippen LogP contribution in [0.2, 0.25) is 0 Å². The quantitative estimate of drug-likeness (QED) is 0.584. The van der Waals surface area contributed by atoms with Gasteiger partial charge in [-0.05, 0) is 41.8 Å². The maximum absolute atomic E-state index is 13.2. The van der Waals surface area contributed by atoms with Crippen molar-refractivity contribution >= 4 is 22.8 Å². The summed E-state index contributed by atoms with van der Waals surface area (Å²) in [6.07, 6.45) is 6.01. The van der Waals surface area contributed by atoms with Crippen LogP contribution in [0.4, 0.5) is 5.69 Å². The first-order chi connectivity index (χ1) is 14.2. The van der Waals surface area contributed by atoms with E-state index in [0.29, 0.717) is 17.6 Å². The molecule has 0 aliphatic carbocycles. The molecule has 0 saturated carbocycles. The van der Waals surface area contributed by atoms with E-state index in [4.69, 9.17) is 0 Å². The average molecular weight is 383 g/mol. The van der Waals surface area contributed by atoms with Crippen molar-refractivity contribution in [1.82, 2.24) is 19.6 Å². The van der Waals surface area contributed by atoms with Crippen molar-refractivity contribution in [1.29, 1.82) is 0 Å². The van der Waals surface area contributed by atoms with E-state index in [1.165, 1.54) is 0 Å². The third-order valence-electron chi connectivity index (χ3n) is 5.42. The Hall–Kier alpha value is -3.67. The van der Waals surface area contributed by atoms with Crippen molar-refractivity contribution in [3.05, 3.63) is 93.9 Å². The third kappa shape index (κ3) is 3.12. The van der Waals surface area contributed by atoms with E-state index < -0.39 is 0 Å². The lowest BCUT2D eigenvalue weighted by Gasteiger charge is -2.18. The van der Waals surface area contributed by atoms with Crippen molar-refractivity contribution in [3.8, 4) is 0 Å². The largest absolute Gasteiger partial charge is 0.381 e. The lowest BCUT2D eigenvalue weighted by Crippen LogP contribution is -2.23. The van der Waals surface area contributed by atoms with Gasteiger partial charge in [-0.2, -0.15) is 0 Å². The highest BCUT2D eigenvalue weighted by Gasteiger charge is 2.18. The summed E-state index contributed by atoms with van der Waals surface area (Å²) < 4.78 is 3.45. The number of anilines is 1. The predicted molar refractivity (Wildman–Crippen MR) is 115 cm³/mol. The fourth-order valence-corrected chi connectivity index (χ4v) is 3.80. The number of nitrogens with one attached hydrogen (secondary N) is 1. The number of hydrogen-bond donors (Lipinski definition) is 1. The van der Waals surface area contributed by atoms with Gasteiger partial charge in [0.15, 0.2) is 5.52 Å². The number of nitrogens with zero attached hydrogens (tertiary/aromatic N) is 4. The Morgan fingerprint density at radius 3 is 2.86 bits per heavy atom. The van der Waals surface area contributed by atoms with Gasteiger partial charge in [-0.1, -0.05) is 53.8 Å². The van der Waals surface area contributed by atoms with Gasteiger partial charge in [0, 0.05) is 18.4 Å². The van der Waals surface area contributed by atoms with Gasteiger partial charge in [0.1, 0.15) is 5.52 Å². The molecule has 6 heteroatoms. The topological polar surface area (TPSA) is 64.7 Å². The lowest BCUT2D eigenvalue weighted by atomic mass is 10.0. The summed E-state index contributed by atoms with van der Waals surface area (Å²) in [5, 5.41) is 11.9. The van der Waals surface area contributed by atoms with Crippen LogP contribution in [0.1, 0.15) is 29.7 Å². The van der Waals surface area contributed by atoms with Gasteiger partial charge >= 0.3 is 0 Å². The zero-order valence-corrected chi connectivity index (χ0v) is 16.1. The molecule has 1 aliphatic rings. The number of hydrogen-bond acceptors (Lipinski definition) is 4. The third-order valence-corrected chi connectivity index (χ3v) is 5.42. The number of benzene rings is 2. The van der Waals surface area contributed by atoms with Crippen LogP contribution in [0.5, 0.6) is 0 Å². The summed E-state index contributed by atoms with van der Waals surface area (Å²) in [5.41, 5.74) is 5.50. The predicted octanol–water partition coefficient (Wildman–Crippen LogP) is 3.69. The zero-order chi connectivity index (χ0) is 19.8. The molecule has 5 rings (SSSR count). The molecule has 0 spiro atoms. The Labute approximate surface area is 168 Å². The van der Waals surface area contributed by atoms with E-state index in [-0.39, 0.29) is 11.6 Å². The maximum Gasteiger partial charge on any atom is 0.278 e. The molecule has 0 fully saturated rings. The fourth-order valence-electron chi connectivity index (χ4n) is 3.80. The molecule has 0 bridgehead atoms. The van der Waals surface area contributed by atoms with E-state index in [9.17, 15) is 4.79 Å².